The Balaban J connectivity index is 2.30. The third-order valence-electron chi connectivity index (χ3n) is 4.12. The SMILES string of the molecule is COC1CC(C)C2(OC)CC(C)(C)C1O2. The van der Waals surface area contributed by atoms with Crippen LogP contribution in [-0.4, -0.2) is 32.2 Å². The zero-order chi connectivity index (χ0) is 11.3. The molecule has 0 aromatic heterocycles. The molecular formula is C12H22O3. The molecule has 2 aliphatic rings. The Kier molecular flexibility index (Phi) is 2.61. The highest BCUT2D eigenvalue weighted by atomic mass is 16.7. The highest BCUT2D eigenvalue weighted by Crippen LogP contribution is 2.54. The van der Waals surface area contributed by atoms with Gasteiger partial charge in [0.2, 0.25) is 0 Å². The Labute approximate surface area is 92.1 Å². The minimum absolute atomic E-state index is 0.140. The molecule has 0 N–H and O–H groups in total. The van der Waals surface area contributed by atoms with Crippen molar-refractivity contribution in [3.63, 3.8) is 0 Å². The highest BCUT2D eigenvalue weighted by Gasteiger charge is 2.60. The van der Waals surface area contributed by atoms with Gasteiger partial charge in [0.1, 0.15) is 0 Å². The molecule has 0 amide bonds. The Morgan fingerprint density at radius 3 is 2.47 bits per heavy atom. The van der Waals surface area contributed by atoms with Crippen molar-refractivity contribution in [3.8, 4) is 0 Å². The summed E-state index contributed by atoms with van der Waals surface area (Å²) in [5.41, 5.74) is 0.140. The van der Waals surface area contributed by atoms with E-state index in [1.807, 2.05) is 0 Å². The molecule has 2 bridgehead atoms. The van der Waals surface area contributed by atoms with Crippen molar-refractivity contribution in [2.24, 2.45) is 11.3 Å². The predicted molar refractivity (Wildman–Crippen MR) is 57.6 cm³/mol. The molecule has 0 aromatic rings. The van der Waals surface area contributed by atoms with Gasteiger partial charge in [-0.25, -0.2) is 0 Å². The summed E-state index contributed by atoms with van der Waals surface area (Å²) < 4.78 is 17.3. The average Bonchev–Trinajstić information content (AvgIpc) is 2.43. The molecule has 2 aliphatic heterocycles. The highest BCUT2D eigenvalue weighted by molar-refractivity contribution is 5.04. The third-order valence-corrected chi connectivity index (χ3v) is 4.12. The van der Waals surface area contributed by atoms with Crippen LogP contribution in [0.4, 0.5) is 0 Å². The molecule has 0 aromatic carbocycles. The van der Waals surface area contributed by atoms with E-state index in [2.05, 4.69) is 20.8 Å². The number of ether oxygens (including phenoxy) is 3. The van der Waals surface area contributed by atoms with Gasteiger partial charge in [-0.1, -0.05) is 20.8 Å². The van der Waals surface area contributed by atoms with Crippen molar-refractivity contribution < 1.29 is 14.2 Å². The zero-order valence-electron chi connectivity index (χ0n) is 10.4. The Morgan fingerprint density at radius 2 is 1.93 bits per heavy atom. The molecule has 2 rings (SSSR count). The van der Waals surface area contributed by atoms with Crippen LogP contribution < -0.4 is 0 Å². The van der Waals surface area contributed by atoms with Crippen LogP contribution in [0.5, 0.6) is 0 Å². The summed E-state index contributed by atoms with van der Waals surface area (Å²) in [6, 6.07) is 0. The molecule has 0 saturated carbocycles. The first kappa shape index (κ1) is 11.4. The van der Waals surface area contributed by atoms with Gasteiger partial charge in [-0.05, 0) is 11.8 Å². The molecule has 0 radical (unpaired) electrons. The molecule has 3 heteroatoms. The lowest BCUT2D eigenvalue weighted by Gasteiger charge is -2.41. The summed E-state index contributed by atoms with van der Waals surface area (Å²) in [6.07, 6.45) is 2.36. The molecule has 88 valence electrons. The van der Waals surface area contributed by atoms with E-state index in [-0.39, 0.29) is 23.4 Å². The van der Waals surface area contributed by atoms with E-state index in [0.717, 1.165) is 12.8 Å². The van der Waals surface area contributed by atoms with Gasteiger partial charge >= 0.3 is 0 Å². The van der Waals surface area contributed by atoms with Gasteiger partial charge in [0.05, 0.1) is 12.2 Å². The molecule has 4 atom stereocenters. The van der Waals surface area contributed by atoms with Gasteiger partial charge in [0.25, 0.3) is 0 Å². The molecule has 4 unspecified atom stereocenters. The van der Waals surface area contributed by atoms with Crippen LogP contribution in [0.2, 0.25) is 0 Å². The topological polar surface area (TPSA) is 27.7 Å². The van der Waals surface area contributed by atoms with E-state index >= 15 is 0 Å². The van der Waals surface area contributed by atoms with Crippen molar-refractivity contribution in [2.75, 3.05) is 14.2 Å². The number of rotatable bonds is 2. The van der Waals surface area contributed by atoms with Crippen molar-refractivity contribution in [1.29, 1.82) is 0 Å². The van der Waals surface area contributed by atoms with Gasteiger partial charge in [-0.15, -0.1) is 0 Å². The molecule has 2 heterocycles. The van der Waals surface area contributed by atoms with Crippen LogP contribution in [0.25, 0.3) is 0 Å². The molecule has 3 nitrogen and oxygen atoms in total. The second-order valence-electron chi connectivity index (χ2n) is 5.63. The van der Waals surface area contributed by atoms with Crippen LogP contribution in [-0.2, 0) is 14.2 Å². The number of hydrogen-bond donors (Lipinski definition) is 0. The lowest BCUT2D eigenvalue weighted by molar-refractivity contribution is -0.282. The monoisotopic (exact) mass is 214 g/mol. The van der Waals surface area contributed by atoms with Crippen LogP contribution in [0.1, 0.15) is 33.6 Å². The lowest BCUT2D eigenvalue weighted by atomic mass is 9.83. The number of hydrogen-bond acceptors (Lipinski definition) is 3. The lowest BCUT2D eigenvalue weighted by Crippen LogP contribution is -2.48. The maximum absolute atomic E-state index is 6.12. The summed E-state index contributed by atoms with van der Waals surface area (Å²) >= 11 is 0. The molecule has 2 saturated heterocycles. The maximum atomic E-state index is 6.12. The zero-order valence-corrected chi connectivity index (χ0v) is 10.4. The number of fused-ring (bicyclic) bond motifs is 2. The fourth-order valence-corrected chi connectivity index (χ4v) is 3.21. The summed E-state index contributed by atoms with van der Waals surface area (Å²) in [6.45, 7) is 6.66. The average molecular weight is 214 g/mol. The van der Waals surface area contributed by atoms with Crippen LogP contribution in [0, 0.1) is 11.3 Å². The van der Waals surface area contributed by atoms with Crippen molar-refractivity contribution in [3.05, 3.63) is 0 Å². The van der Waals surface area contributed by atoms with E-state index < -0.39 is 0 Å². The largest absolute Gasteiger partial charge is 0.379 e. The van der Waals surface area contributed by atoms with Crippen LogP contribution in [0.3, 0.4) is 0 Å². The normalized spacial score (nSPS) is 48.2. The summed E-state index contributed by atoms with van der Waals surface area (Å²) in [7, 11) is 3.52. The Hall–Kier alpha value is -0.120. The Bertz CT molecular complexity index is 251. The van der Waals surface area contributed by atoms with Gasteiger partial charge in [0, 0.05) is 26.6 Å². The first-order chi connectivity index (χ1) is 6.95. The standard InChI is InChI=1S/C12H22O3/c1-8-6-9(13-4)10-11(2,3)7-12(8,14-5)15-10/h8-10H,6-7H2,1-5H3. The number of methoxy groups -OCH3 is 2. The second kappa shape index (κ2) is 3.44. The fourth-order valence-electron chi connectivity index (χ4n) is 3.21. The third kappa shape index (κ3) is 1.52. The molecule has 0 aliphatic carbocycles. The second-order valence-corrected chi connectivity index (χ2v) is 5.63. The van der Waals surface area contributed by atoms with E-state index in [0.29, 0.717) is 5.92 Å². The first-order valence-electron chi connectivity index (χ1n) is 5.71. The van der Waals surface area contributed by atoms with Crippen molar-refractivity contribution in [2.45, 2.75) is 51.6 Å². The van der Waals surface area contributed by atoms with E-state index in [9.17, 15) is 0 Å². The van der Waals surface area contributed by atoms with E-state index in [1.54, 1.807) is 14.2 Å². The van der Waals surface area contributed by atoms with Crippen LogP contribution >= 0.6 is 0 Å². The van der Waals surface area contributed by atoms with Crippen LogP contribution in [0.15, 0.2) is 0 Å². The summed E-state index contributed by atoms with van der Waals surface area (Å²) in [5, 5.41) is 0. The predicted octanol–water partition coefficient (Wildman–Crippen LogP) is 2.20. The van der Waals surface area contributed by atoms with Gasteiger partial charge in [0.15, 0.2) is 5.79 Å². The van der Waals surface area contributed by atoms with Crippen molar-refractivity contribution >= 4 is 0 Å². The molecule has 15 heavy (non-hydrogen) atoms. The van der Waals surface area contributed by atoms with Gasteiger partial charge in [-0.3, -0.25) is 0 Å². The van der Waals surface area contributed by atoms with Gasteiger partial charge in [-0.2, -0.15) is 0 Å². The first-order valence-corrected chi connectivity index (χ1v) is 5.71. The van der Waals surface area contributed by atoms with E-state index in [4.69, 9.17) is 14.2 Å². The molecule has 2 fully saturated rings. The van der Waals surface area contributed by atoms with E-state index in [1.165, 1.54) is 0 Å². The quantitative estimate of drug-likeness (QED) is 0.705. The van der Waals surface area contributed by atoms with Crippen molar-refractivity contribution in [1.82, 2.24) is 0 Å². The smallest absolute Gasteiger partial charge is 0.171 e. The Morgan fingerprint density at radius 1 is 1.27 bits per heavy atom. The maximum Gasteiger partial charge on any atom is 0.171 e. The minimum atomic E-state index is -0.372. The fraction of sp³-hybridized carbons (Fsp3) is 1.00. The summed E-state index contributed by atoms with van der Waals surface area (Å²) in [5.74, 6) is 0.0221. The molecule has 0 spiro atoms. The van der Waals surface area contributed by atoms with Gasteiger partial charge < -0.3 is 14.2 Å². The summed E-state index contributed by atoms with van der Waals surface area (Å²) in [4.78, 5) is 0. The molecular weight excluding hydrogens is 192 g/mol. The minimum Gasteiger partial charge on any atom is -0.379 e.